The predicted molar refractivity (Wildman–Crippen MR) is 132 cm³/mol. The highest BCUT2D eigenvalue weighted by Crippen LogP contribution is 2.29. The lowest BCUT2D eigenvalue weighted by Gasteiger charge is -2.26. The number of nitrogens with one attached hydrogen (secondary N) is 1. The number of ether oxygens (including phenoxy) is 1. The van der Waals surface area contributed by atoms with Crippen LogP contribution in [0.2, 0.25) is 5.02 Å². The molecule has 0 fully saturated rings. The van der Waals surface area contributed by atoms with Crippen LogP contribution < -0.4 is 4.72 Å². The summed E-state index contributed by atoms with van der Waals surface area (Å²) in [6.45, 7) is 2.65. The third kappa shape index (κ3) is 7.40. The quantitative estimate of drug-likeness (QED) is 0.326. The van der Waals surface area contributed by atoms with Gasteiger partial charge < -0.3 is 9.84 Å². The molecule has 0 unspecified atom stereocenters. The highest BCUT2D eigenvalue weighted by molar-refractivity contribution is 7.89. The van der Waals surface area contributed by atoms with E-state index in [4.69, 9.17) is 16.3 Å². The summed E-state index contributed by atoms with van der Waals surface area (Å²) in [7, 11) is -3.96. The van der Waals surface area contributed by atoms with Crippen LogP contribution in [0.1, 0.15) is 35.6 Å². The largest absolute Gasteiger partial charge is 0.481 e. The van der Waals surface area contributed by atoms with Gasteiger partial charge in [0.15, 0.2) is 0 Å². The van der Waals surface area contributed by atoms with E-state index >= 15 is 0 Å². The van der Waals surface area contributed by atoms with Crippen molar-refractivity contribution in [3.63, 3.8) is 0 Å². The normalized spacial score (nSPS) is 13.4. The van der Waals surface area contributed by atoms with Crippen molar-refractivity contribution in [1.82, 2.24) is 4.72 Å². The Morgan fingerprint density at radius 2 is 1.65 bits per heavy atom. The van der Waals surface area contributed by atoms with Crippen molar-refractivity contribution < 1.29 is 23.1 Å². The van der Waals surface area contributed by atoms with Crippen LogP contribution in [0.4, 0.5) is 0 Å². The fraction of sp³-hybridized carbons (Fsp3) is 0.269. The molecule has 6 nitrogen and oxygen atoms in total. The SMILES string of the molecule is Cc1ccc(S(=O)(=O)N[C@H](c2ccc(Cl)cc2)[C@@H](CCCOCc2ccccc2)C(=O)O)cc1. The van der Waals surface area contributed by atoms with Gasteiger partial charge in [0.25, 0.3) is 0 Å². The molecule has 3 aromatic rings. The number of carboxylic acids is 1. The van der Waals surface area contributed by atoms with E-state index in [0.29, 0.717) is 30.2 Å². The average molecular weight is 502 g/mol. The summed E-state index contributed by atoms with van der Waals surface area (Å²) in [6, 6.07) is 21.6. The molecule has 34 heavy (non-hydrogen) atoms. The van der Waals surface area contributed by atoms with Crippen LogP contribution in [0.5, 0.6) is 0 Å². The van der Waals surface area contributed by atoms with Gasteiger partial charge in [0.2, 0.25) is 10.0 Å². The number of carboxylic acid groups (broad SMARTS) is 1. The number of sulfonamides is 1. The monoisotopic (exact) mass is 501 g/mol. The van der Waals surface area contributed by atoms with Crippen molar-refractivity contribution in [1.29, 1.82) is 0 Å². The zero-order valence-electron chi connectivity index (χ0n) is 18.9. The van der Waals surface area contributed by atoms with Gasteiger partial charge in [-0.15, -0.1) is 0 Å². The van der Waals surface area contributed by atoms with Crippen molar-refractivity contribution in [2.75, 3.05) is 6.61 Å². The van der Waals surface area contributed by atoms with Gasteiger partial charge in [-0.3, -0.25) is 4.79 Å². The number of aryl methyl sites for hydroxylation is 1. The van der Waals surface area contributed by atoms with Crippen molar-refractivity contribution >= 4 is 27.6 Å². The second-order valence-corrected chi connectivity index (χ2v) is 10.2. The molecule has 180 valence electrons. The Morgan fingerprint density at radius 1 is 1.00 bits per heavy atom. The fourth-order valence-electron chi connectivity index (χ4n) is 3.61. The smallest absolute Gasteiger partial charge is 0.308 e. The molecule has 0 heterocycles. The summed E-state index contributed by atoms with van der Waals surface area (Å²) in [5.41, 5.74) is 2.48. The van der Waals surface area contributed by atoms with E-state index in [1.54, 1.807) is 36.4 Å². The van der Waals surface area contributed by atoms with E-state index in [1.807, 2.05) is 37.3 Å². The first kappa shape index (κ1) is 25.9. The van der Waals surface area contributed by atoms with Gasteiger partial charge in [0.05, 0.1) is 23.5 Å². The Kier molecular flexibility index (Phi) is 9.24. The summed E-state index contributed by atoms with van der Waals surface area (Å²) < 4.78 is 34.5. The molecule has 0 amide bonds. The molecule has 3 aromatic carbocycles. The van der Waals surface area contributed by atoms with Gasteiger partial charge in [0.1, 0.15) is 0 Å². The van der Waals surface area contributed by atoms with Gasteiger partial charge in [-0.25, -0.2) is 13.1 Å². The maximum absolute atomic E-state index is 13.1. The molecule has 0 saturated carbocycles. The highest BCUT2D eigenvalue weighted by atomic mass is 35.5. The van der Waals surface area contributed by atoms with Crippen LogP contribution in [0.25, 0.3) is 0 Å². The van der Waals surface area contributed by atoms with Gasteiger partial charge >= 0.3 is 5.97 Å². The van der Waals surface area contributed by atoms with Gasteiger partial charge in [-0.1, -0.05) is 71.8 Å². The molecule has 0 radical (unpaired) electrons. The van der Waals surface area contributed by atoms with E-state index in [1.165, 1.54) is 12.1 Å². The fourth-order valence-corrected chi connectivity index (χ4v) is 5.00. The molecule has 2 N–H and O–H groups in total. The van der Waals surface area contributed by atoms with E-state index < -0.39 is 28.0 Å². The topological polar surface area (TPSA) is 92.7 Å². The average Bonchev–Trinajstić information content (AvgIpc) is 2.81. The van der Waals surface area contributed by atoms with Crippen LogP contribution in [0, 0.1) is 12.8 Å². The number of benzene rings is 3. The van der Waals surface area contributed by atoms with Crippen molar-refractivity contribution in [2.45, 2.75) is 37.3 Å². The molecule has 0 spiro atoms. The summed E-state index contributed by atoms with van der Waals surface area (Å²) in [5.74, 6) is -2.09. The number of aliphatic carboxylic acids is 1. The summed E-state index contributed by atoms with van der Waals surface area (Å²) >= 11 is 6.00. The summed E-state index contributed by atoms with van der Waals surface area (Å²) in [4.78, 5) is 12.3. The van der Waals surface area contributed by atoms with Crippen LogP contribution in [0.15, 0.2) is 83.8 Å². The van der Waals surface area contributed by atoms with E-state index in [0.717, 1.165) is 11.1 Å². The lowest BCUT2D eigenvalue weighted by atomic mass is 9.90. The summed E-state index contributed by atoms with van der Waals surface area (Å²) in [6.07, 6.45) is 0.688. The highest BCUT2D eigenvalue weighted by Gasteiger charge is 2.33. The van der Waals surface area contributed by atoms with Crippen LogP contribution in [-0.4, -0.2) is 26.1 Å². The molecule has 0 saturated heterocycles. The Morgan fingerprint density at radius 3 is 2.26 bits per heavy atom. The molecule has 0 aliphatic rings. The molecule has 0 bridgehead atoms. The molecular formula is C26H28ClNO5S. The van der Waals surface area contributed by atoms with Crippen LogP contribution in [0.3, 0.4) is 0 Å². The molecule has 2 atom stereocenters. The zero-order chi connectivity index (χ0) is 24.6. The minimum absolute atomic E-state index is 0.0763. The molecular weight excluding hydrogens is 474 g/mol. The van der Waals surface area contributed by atoms with E-state index in [9.17, 15) is 18.3 Å². The molecule has 3 rings (SSSR count). The van der Waals surface area contributed by atoms with Gasteiger partial charge in [0, 0.05) is 11.6 Å². The maximum Gasteiger partial charge on any atom is 0.308 e. The minimum atomic E-state index is -3.96. The van der Waals surface area contributed by atoms with Crippen molar-refractivity contribution in [3.8, 4) is 0 Å². The second-order valence-electron chi connectivity index (χ2n) is 8.09. The maximum atomic E-state index is 13.1. The van der Waals surface area contributed by atoms with Crippen molar-refractivity contribution in [2.24, 2.45) is 5.92 Å². The number of rotatable bonds is 12. The first-order valence-corrected chi connectivity index (χ1v) is 12.8. The molecule has 8 heteroatoms. The Hall–Kier alpha value is -2.71. The third-order valence-corrected chi connectivity index (χ3v) is 7.19. The molecule has 0 aromatic heterocycles. The predicted octanol–water partition coefficient (Wildman–Crippen LogP) is 5.37. The van der Waals surface area contributed by atoms with Crippen molar-refractivity contribution in [3.05, 3.63) is 101 Å². The molecule has 0 aliphatic heterocycles. The number of hydrogen-bond donors (Lipinski definition) is 2. The van der Waals surface area contributed by atoms with Gasteiger partial charge in [-0.05, 0) is 55.2 Å². The van der Waals surface area contributed by atoms with Gasteiger partial charge in [-0.2, -0.15) is 0 Å². The van der Waals surface area contributed by atoms with Crippen LogP contribution in [-0.2, 0) is 26.2 Å². The third-order valence-electron chi connectivity index (χ3n) is 5.48. The second kappa shape index (κ2) is 12.1. The Balaban J connectivity index is 1.76. The zero-order valence-corrected chi connectivity index (χ0v) is 20.4. The number of hydrogen-bond acceptors (Lipinski definition) is 4. The summed E-state index contributed by atoms with van der Waals surface area (Å²) in [5, 5.41) is 10.5. The lowest BCUT2D eigenvalue weighted by Crippen LogP contribution is -2.37. The Labute approximate surface area is 205 Å². The number of halogens is 1. The first-order valence-electron chi connectivity index (χ1n) is 11.0. The van der Waals surface area contributed by atoms with Crippen LogP contribution >= 0.6 is 11.6 Å². The van der Waals surface area contributed by atoms with E-state index in [-0.39, 0.29) is 11.3 Å². The molecule has 0 aliphatic carbocycles. The standard InChI is InChI=1S/C26H28ClNO5S/c1-19-9-15-23(16-10-19)34(31,32)28-25(21-11-13-22(27)14-12-21)24(26(29)30)8-5-17-33-18-20-6-3-2-4-7-20/h2-4,6-7,9-16,24-25,28H,5,8,17-18H2,1H3,(H,29,30)/t24-,25-/m1/s1. The lowest BCUT2D eigenvalue weighted by molar-refractivity contribution is -0.143. The minimum Gasteiger partial charge on any atom is -0.481 e. The Bertz CT molecular complexity index is 1170. The van der Waals surface area contributed by atoms with E-state index in [2.05, 4.69) is 4.72 Å². The first-order chi connectivity index (χ1) is 16.3. The number of carbonyl (C=O) groups is 1.